The van der Waals surface area contributed by atoms with Gasteiger partial charge in [-0.1, -0.05) is 23.8 Å². The third kappa shape index (κ3) is 2.91. The first-order chi connectivity index (χ1) is 6.00. The fraction of sp³-hybridized carbons (Fsp3) is 0.333. The monoisotopic (exact) mass is 214 g/mol. The maximum absolute atomic E-state index is 5.65. The largest absolute Gasteiger partial charge is 0.316 e. The second-order valence-electron chi connectivity index (χ2n) is 3.07. The summed E-state index contributed by atoms with van der Waals surface area (Å²) in [5, 5.41) is -0.517. The van der Waals surface area contributed by atoms with E-state index in [2.05, 4.69) is 25.3 Å². The Morgan fingerprint density at radius 3 is 1.69 bits per heavy atom. The molecule has 4 heteroatoms. The Morgan fingerprint density at radius 2 is 1.38 bits per heavy atom. The molecule has 0 saturated carbocycles. The van der Waals surface area contributed by atoms with Gasteiger partial charge < -0.3 is 11.5 Å². The molecule has 13 heavy (non-hydrogen) atoms. The highest BCUT2D eigenvalue weighted by molar-refractivity contribution is 7.80. The van der Waals surface area contributed by atoms with E-state index in [1.165, 1.54) is 0 Å². The lowest BCUT2D eigenvalue weighted by molar-refractivity contribution is 0.994. The predicted octanol–water partition coefficient (Wildman–Crippen LogP) is 1.77. The minimum absolute atomic E-state index is 0.259. The topological polar surface area (TPSA) is 52.0 Å². The molecule has 0 aliphatic carbocycles. The van der Waals surface area contributed by atoms with Crippen LogP contribution in [-0.2, 0) is 0 Å². The van der Waals surface area contributed by atoms with E-state index in [-0.39, 0.29) is 10.7 Å². The van der Waals surface area contributed by atoms with Gasteiger partial charge in [-0.05, 0) is 18.1 Å². The third-order valence-electron chi connectivity index (χ3n) is 1.81. The molecule has 0 radical (unpaired) electrons. The molecular weight excluding hydrogens is 200 g/mol. The van der Waals surface area contributed by atoms with Crippen LogP contribution in [0.25, 0.3) is 0 Å². The number of aryl methyl sites for hydroxylation is 1. The summed E-state index contributed by atoms with van der Waals surface area (Å²) in [5.41, 5.74) is 14.4. The highest BCUT2D eigenvalue weighted by Crippen LogP contribution is 2.22. The van der Waals surface area contributed by atoms with Gasteiger partial charge in [-0.2, -0.15) is 25.3 Å². The number of rotatable bonds is 2. The van der Waals surface area contributed by atoms with E-state index in [4.69, 9.17) is 11.5 Å². The molecule has 2 atom stereocenters. The first-order valence-corrected chi connectivity index (χ1v) is 5.03. The number of nitrogens with two attached hydrogens (primary N) is 2. The van der Waals surface area contributed by atoms with E-state index < -0.39 is 0 Å². The zero-order chi connectivity index (χ0) is 10.0. The first kappa shape index (κ1) is 10.9. The minimum atomic E-state index is -0.259. The second-order valence-corrected chi connectivity index (χ2v) is 4.18. The van der Waals surface area contributed by atoms with Gasteiger partial charge in [0.15, 0.2) is 0 Å². The number of hydrogen-bond donors (Lipinski definition) is 4. The van der Waals surface area contributed by atoms with Crippen LogP contribution in [0.15, 0.2) is 18.2 Å². The van der Waals surface area contributed by atoms with Crippen molar-refractivity contribution < 1.29 is 0 Å². The number of thiol groups is 2. The lowest BCUT2D eigenvalue weighted by atomic mass is 10.1. The maximum atomic E-state index is 5.65. The third-order valence-corrected chi connectivity index (χ3v) is 2.40. The van der Waals surface area contributed by atoms with Gasteiger partial charge in [0.1, 0.15) is 0 Å². The molecule has 0 aliphatic rings. The SMILES string of the molecule is Cc1cc(C(N)S)cc(C(N)S)c1. The van der Waals surface area contributed by atoms with Crippen molar-refractivity contribution in [2.75, 3.05) is 0 Å². The molecule has 0 saturated heterocycles. The molecule has 1 aromatic rings. The Hall–Kier alpha value is -0.160. The molecule has 1 rings (SSSR count). The van der Waals surface area contributed by atoms with Gasteiger partial charge in [0.2, 0.25) is 0 Å². The van der Waals surface area contributed by atoms with Crippen LogP contribution in [0.1, 0.15) is 27.4 Å². The molecule has 0 fully saturated rings. The molecule has 0 bridgehead atoms. The van der Waals surface area contributed by atoms with Crippen LogP contribution < -0.4 is 11.5 Å². The molecule has 2 nitrogen and oxygen atoms in total. The van der Waals surface area contributed by atoms with Gasteiger partial charge in [0, 0.05) is 0 Å². The molecule has 0 heterocycles. The van der Waals surface area contributed by atoms with Gasteiger partial charge in [0.05, 0.1) is 10.7 Å². The zero-order valence-electron chi connectivity index (χ0n) is 7.44. The molecule has 0 amide bonds. The molecule has 2 unspecified atom stereocenters. The molecule has 0 spiro atoms. The van der Waals surface area contributed by atoms with E-state index >= 15 is 0 Å². The van der Waals surface area contributed by atoms with E-state index in [9.17, 15) is 0 Å². The highest BCUT2D eigenvalue weighted by Gasteiger charge is 2.06. The Kier molecular flexibility index (Phi) is 3.67. The molecule has 1 aromatic carbocycles. The van der Waals surface area contributed by atoms with Crippen molar-refractivity contribution in [3.05, 3.63) is 34.9 Å². The van der Waals surface area contributed by atoms with Crippen LogP contribution in [0.5, 0.6) is 0 Å². The van der Waals surface area contributed by atoms with Crippen molar-refractivity contribution in [3.63, 3.8) is 0 Å². The van der Waals surface area contributed by atoms with Crippen molar-refractivity contribution in [1.82, 2.24) is 0 Å². The Balaban J connectivity index is 3.11. The lowest BCUT2D eigenvalue weighted by Gasteiger charge is -2.11. The first-order valence-electron chi connectivity index (χ1n) is 3.99. The Bertz CT molecular complexity index is 271. The van der Waals surface area contributed by atoms with Crippen molar-refractivity contribution in [1.29, 1.82) is 0 Å². The summed E-state index contributed by atoms with van der Waals surface area (Å²) in [6.07, 6.45) is 0. The second kappa shape index (κ2) is 4.37. The summed E-state index contributed by atoms with van der Waals surface area (Å²) in [4.78, 5) is 0. The van der Waals surface area contributed by atoms with Crippen LogP contribution in [-0.4, -0.2) is 0 Å². The summed E-state index contributed by atoms with van der Waals surface area (Å²) in [5.74, 6) is 0. The smallest absolute Gasteiger partial charge is 0.0734 e. The summed E-state index contributed by atoms with van der Waals surface area (Å²) in [6.45, 7) is 2.00. The molecule has 4 N–H and O–H groups in total. The Morgan fingerprint density at radius 1 is 1.00 bits per heavy atom. The van der Waals surface area contributed by atoms with Crippen molar-refractivity contribution in [3.8, 4) is 0 Å². The maximum Gasteiger partial charge on any atom is 0.0734 e. The van der Waals surface area contributed by atoms with E-state index in [1.54, 1.807) is 0 Å². The minimum Gasteiger partial charge on any atom is -0.316 e. The van der Waals surface area contributed by atoms with Gasteiger partial charge in [-0.15, -0.1) is 0 Å². The van der Waals surface area contributed by atoms with Crippen LogP contribution >= 0.6 is 25.3 Å². The molecule has 0 aromatic heterocycles. The zero-order valence-corrected chi connectivity index (χ0v) is 9.22. The lowest BCUT2D eigenvalue weighted by Crippen LogP contribution is -2.07. The summed E-state index contributed by atoms with van der Waals surface area (Å²) < 4.78 is 0. The van der Waals surface area contributed by atoms with E-state index in [0.717, 1.165) is 16.7 Å². The predicted molar refractivity (Wildman–Crippen MR) is 63.0 cm³/mol. The molecule has 0 aliphatic heterocycles. The van der Waals surface area contributed by atoms with Crippen LogP contribution in [0.3, 0.4) is 0 Å². The molecule has 72 valence electrons. The van der Waals surface area contributed by atoms with E-state index in [1.807, 2.05) is 25.1 Å². The quantitative estimate of drug-likeness (QED) is 0.448. The van der Waals surface area contributed by atoms with Crippen LogP contribution in [0.2, 0.25) is 0 Å². The molecular formula is C9H14N2S2. The van der Waals surface area contributed by atoms with Gasteiger partial charge in [-0.25, -0.2) is 0 Å². The summed E-state index contributed by atoms with van der Waals surface area (Å²) in [6, 6.07) is 5.93. The van der Waals surface area contributed by atoms with E-state index in [0.29, 0.717) is 0 Å². The number of benzene rings is 1. The average Bonchev–Trinajstić information content (AvgIpc) is 2.03. The van der Waals surface area contributed by atoms with Crippen LogP contribution in [0.4, 0.5) is 0 Å². The normalized spacial score (nSPS) is 15.5. The van der Waals surface area contributed by atoms with Gasteiger partial charge in [0.25, 0.3) is 0 Å². The summed E-state index contributed by atoms with van der Waals surface area (Å²) in [7, 11) is 0. The fourth-order valence-corrected chi connectivity index (χ4v) is 1.48. The summed E-state index contributed by atoms with van der Waals surface area (Å²) >= 11 is 8.33. The van der Waals surface area contributed by atoms with Crippen molar-refractivity contribution >= 4 is 25.3 Å². The van der Waals surface area contributed by atoms with Gasteiger partial charge >= 0.3 is 0 Å². The Labute approximate surface area is 89.5 Å². The van der Waals surface area contributed by atoms with Gasteiger partial charge in [-0.3, -0.25) is 0 Å². The average molecular weight is 214 g/mol. The van der Waals surface area contributed by atoms with Crippen LogP contribution in [0, 0.1) is 6.92 Å². The fourth-order valence-electron chi connectivity index (χ4n) is 1.18. The standard InChI is InChI=1S/C9H14N2S2/c1-5-2-6(8(10)12)4-7(3-5)9(11)13/h2-4,8-9,12-13H,10-11H2,1H3. The highest BCUT2D eigenvalue weighted by atomic mass is 32.1. The van der Waals surface area contributed by atoms with Crippen molar-refractivity contribution in [2.24, 2.45) is 11.5 Å². The van der Waals surface area contributed by atoms with Crippen molar-refractivity contribution in [2.45, 2.75) is 17.7 Å². The number of hydrogen-bond acceptors (Lipinski definition) is 4.